The number of halogens is 1. The van der Waals surface area contributed by atoms with Gasteiger partial charge in [0.1, 0.15) is 12.4 Å². The number of rotatable bonds is 7. The van der Waals surface area contributed by atoms with Gasteiger partial charge in [-0.15, -0.1) is 0 Å². The largest absolute Gasteiger partial charge is 0.489 e. The molecule has 0 atom stereocenters. The fraction of sp³-hybridized carbons (Fsp3) is 0.167. The van der Waals surface area contributed by atoms with E-state index in [1.165, 1.54) is 0 Å². The molecule has 0 radical (unpaired) electrons. The van der Waals surface area contributed by atoms with Gasteiger partial charge in [0, 0.05) is 5.69 Å². The van der Waals surface area contributed by atoms with Gasteiger partial charge in [-0.25, -0.2) is 0 Å². The van der Waals surface area contributed by atoms with Gasteiger partial charge in [0.15, 0.2) is 0 Å². The van der Waals surface area contributed by atoms with E-state index in [2.05, 4.69) is 17.2 Å². The number of anilines is 2. The van der Waals surface area contributed by atoms with E-state index in [0.717, 1.165) is 17.0 Å². The van der Waals surface area contributed by atoms with Crippen molar-refractivity contribution in [2.45, 2.75) is 6.92 Å². The van der Waals surface area contributed by atoms with E-state index in [1.807, 2.05) is 25.1 Å². The highest BCUT2D eigenvalue weighted by Gasteiger charge is 2.04. The Morgan fingerprint density at radius 1 is 1.17 bits per heavy atom. The molecule has 4 nitrogen and oxygen atoms in total. The summed E-state index contributed by atoms with van der Waals surface area (Å²) in [6.45, 7) is 6.30. The summed E-state index contributed by atoms with van der Waals surface area (Å²) in [5, 5.41) is 6.39. The molecule has 2 aromatic rings. The molecular formula is C18H19ClN2O2. The number of amides is 1. The molecule has 5 heteroatoms. The average Bonchev–Trinajstić information content (AvgIpc) is 2.53. The normalized spacial score (nSPS) is 10.0. The number of ether oxygens (including phenoxy) is 1. The first-order chi connectivity index (χ1) is 11.0. The van der Waals surface area contributed by atoms with Crippen molar-refractivity contribution >= 4 is 28.9 Å². The summed E-state index contributed by atoms with van der Waals surface area (Å²) in [4.78, 5) is 11.9. The second-order valence-electron chi connectivity index (χ2n) is 5.15. The van der Waals surface area contributed by atoms with E-state index in [-0.39, 0.29) is 12.5 Å². The van der Waals surface area contributed by atoms with E-state index in [1.54, 1.807) is 30.3 Å². The number of carbonyl (C=O) groups excluding carboxylic acids is 1. The Hall–Kier alpha value is -2.46. The zero-order valence-corrected chi connectivity index (χ0v) is 13.7. The van der Waals surface area contributed by atoms with Crippen molar-refractivity contribution < 1.29 is 9.53 Å². The predicted octanol–water partition coefficient (Wildman–Crippen LogP) is 4.35. The average molecular weight is 331 g/mol. The zero-order valence-electron chi connectivity index (χ0n) is 12.9. The summed E-state index contributed by atoms with van der Waals surface area (Å²) in [5.41, 5.74) is 2.39. The number of nitrogens with one attached hydrogen (secondary N) is 2. The summed E-state index contributed by atoms with van der Waals surface area (Å²) in [6, 6.07) is 14.5. The first-order valence-corrected chi connectivity index (χ1v) is 7.58. The van der Waals surface area contributed by atoms with Crippen molar-refractivity contribution in [3.8, 4) is 5.75 Å². The molecule has 0 saturated heterocycles. The first kappa shape index (κ1) is 16.9. The predicted molar refractivity (Wildman–Crippen MR) is 95.3 cm³/mol. The molecule has 2 rings (SSSR count). The summed E-state index contributed by atoms with van der Waals surface area (Å²) < 4.78 is 5.51. The lowest BCUT2D eigenvalue weighted by Crippen LogP contribution is -2.21. The van der Waals surface area contributed by atoms with Crippen LogP contribution in [0.15, 0.2) is 60.7 Å². The number of hydrogen-bond acceptors (Lipinski definition) is 3. The highest BCUT2D eigenvalue weighted by atomic mass is 35.5. The maximum atomic E-state index is 11.9. The lowest BCUT2D eigenvalue weighted by atomic mass is 10.3. The second-order valence-corrected chi connectivity index (χ2v) is 5.56. The van der Waals surface area contributed by atoms with Gasteiger partial charge in [-0.2, -0.15) is 0 Å². The maximum Gasteiger partial charge on any atom is 0.243 e. The number of benzene rings is 2. The van der Waals surface area contributed by atoms with Crippen LogP contribution >= 0.6 is 11.6 Å². The molecule has 0 aliphatic heterocycles. The number of para-hydroxylation sites is 1. The Balaban J connectivity index is 1.83. The molecule has 0 fully saturated rings. The number of hydrogen-bond donors (Lipinski definition) is 2. The molecule has 2 N–H and O–H groups in total. The molecule has 0 unspecified atom stereocenters. The smallest absolute Gasteiger partial charge is 0.243 e. The van der Waals surface area contributed by atoms with Crippen LogP contribution in [0, 0.1) is 0 Å². The van der Waals surface area contributed by atoms with Crippen molar-refractivity contribution in [3.63, 3.8) is 0 Å². The molecular weight excluding hydrogens is 312 g/mol. The molecule has 0 aliphatic rings. The third-order valence-electron chi connectivity index (χ3n) is 2.94. The second kappa shape index (κ2) is 8.25. The van der Waals surface area contributed by atoms with Gasteiger partial charge in [0.2, 0.25) is 5.91 Å². The van der Waals surface area contributed by atoms with Crippen LogP contribution in [0.3, 0.4) is 0 Å². The van der Waals surface area contributed by atoms with Gasteiger partial charge in [0.05, 0.1) is 17.3 Å². The Morgan fingerprint density at radius 3 is 2.52 bits per heavy atom. The Bertz CT molecular complexity index is 684. The molecule has 1 amide bonds. The van der Waals surface area contributed by atoms with Crippen molar-refractivity contribution in [2.75, 3.05) is 23.8 Å². The van der Waals surface area contributed by atoms with Crippen LogP contribution in [0.5, 0.6) is 5.75 Å². The lowest BCUT2D eigenvalue weighted by molar-refractivity contribution is -0.114. The van der Waals surface area contributed by atoms with E-state index < -0.39 is 0 Å². The van der Waals surface area contributed by atoms with Crippen LogP contribution in [0.25, 0.3) is 0 Å². The van der Waals surface area contributed by atoms with E-state index >= 15 is 0 Å². The highest BCUT2D eigenvalue weighted by molar-refractivity contribution is 6.33. The van der Waals surface area contributed by atoms with Gasteiger partial charge < -0.3 is 15.4 Å². The zero-order chi connectivity index (χ0) is 16.7. The molecule has 0 aromatic heterocycles. The van der Waals surface area contributed by atoms with Gasteiger partial charge in [0.25, 0.3) is 0 Å². The molecule has 0 bridgehead atoms. The third kappa shape index (κ3) is 5.68. The lowest BCUT2D eigenvalue weighted by Gasteiger charge is -2.10. The standard InChI is InChI=1S/C18H19ClN2O2/c1-13(2)12-23-15-9-7-14(8-10-15)21-18(22)11-20-17-6-4-3-5-16(17)19/h3-10,20H,1,11-12H2,2H3,(H,21,22). The van der Waals surface area contributed by atoms with Crippen LogP contribution in [0.1, 0.15) is 6.92 Å². The summed E-state index contributed by atoms with van der Waals surface area (Å²) in [7, 11) is 0. The van der Waals surface area contributed by atoms with Crippen molar-refractivity contribution in [2.24, 2.45) is 0 Å². The van der Waals surface area contributed by atoms with E-state index in [4.69, 9.17) is 16.3 Å². The third-order valence-corrected chi connectivity index (χ3v) is 3.27. The summed E-state index contributed by atoms with van der Waals surface area (Å²) >= 11 is 6.02. The maximum absolute atomic E-state index is 11.9. The van der Waals surface area contributed by atoms with Crippen molar-refractivity contribution in [1.29, 1.82) is 0 Å². The Labute approximate surface area is 141 Å². The molecule has 0 spiro atoms. The van der Waals surface area contributed by atoms with Crippen LogP contribution < -0.4 is 15.4 Å². The highest BCUT2D eigenvalue weighted by Crippen LogP contribution is 2.20. The molecule has 0 saturated carbocycles. The molecule has 0 aliphatic carbocycles. The van der Waals surface area contributed by atoms with E-state index in [0.29, 0.717) is 17.3 Å². The van der Waals surface area contributed by atoms with Crippen molar-refractivity contribution in [1.82, 2.24) is 0 Å². The SMILES string of the molecule is C=C(C)COc1ccc(NC(=O)CNc2ccccc2Cl)cc1. The van der Waals surface area contributed by atoms with Crippen LogP contribution in [0.4, 0.5) is 11.4 Å². The molecule has 2 aromatic carbocycles. The molecule has 120 valence electrons. The van der Waals surface area contributed by atoms with Crippen LogP contribution in [0.2, 0.25) is 5.02 Å². The first-order valence-electron chi connectivity index (χ1n) is 7.20. The minimum absolute atomic E-state index is 0.137. The van der Waals surface area contributed by atoms with Gasteiger partial charge >= 0.3 is 0 Å². The number of carbonyl (C=O) groups is 1. The monoisotopic (exact) mass is 330 g/mol. The summed E-state index contributed by atoms with van der Waals surface area (Å²) in [5.74, 6) is 0.584. The Kier molecular flexibility index (Phi) is 6.06. The van der Waals surface area contributed by atoms with Gasteiger partial charge in [-0.3, -0.25) is 4.79 Å². The minimum Gasteiger partial charge on any atom is -0.489 e. The molecule has 23 heavy (non-hydrogen) atoms. The fourth-order valence-corrected chi connectivity index (χ4v) is 2.03. The van der Waals surface area contributed by atoms with Crippen molar-refractivity contribution in [3.05, 3.63) is 65.7 Å². The quantitative estimate of drug-likeness (QED) is 0.742. The fourth-order valence-electron chi connectivity index (χ4n) is 1.83. The van der Waals surface area contributed by atoms with Gasteiger partial charge in [-0.05, 0) is 48.9 Å². The summed E-state index contributed by atoms with van der Waals surface area (Å²) in [6.07, 6.45) is 0. The van der Waals surface area contributed by atoms with Crippen LogP contribution in [-0.4, -0.2) is 19.1 Å². The topological polar surface area (TPSA) is 50.4 Å². The Morgan fingerprint density at radius 2 is 1.87 bits per heavy atom. The minimum atomic E-state index is -0.152. The van der Waals surface area contributed by atoms with E-state index in [9.17, 15) is 4.79 Å². The van der Waals surface area contributed by atoms with Crippen LogP contribution in [-0.2, 0) is 4.79 Å². The van der Waals surface area contributed by atoms with Gasteiger partial charge in [-0.1, -0.05) is 30.3 Å². The molecule has 0 heterocycles.